The van der Waals surface area contributed by atoms with Crippen molar-refractivity contribution in [3.63, 3.8) is 0 Å². The summed E-state index contributed by atoms with van der Waals surface area (Å²) < 4.78 is 0. The third-order valence-corrected chi connectivity index (χ3v) is 2.39. The lowest BCUT2D eigenvalue weighted by atomic mass is 10.3. The highest BCUT2D eigenvalue weighted by Gasteiger charge is 1.96. The molecule has 0 atom stereocenters. The average molecular weight is 266 g/mol. The summed E-state index contributed by atoms with van der Waals surface area (Å²) in [6.45, 7) is 0. The molecular formula is C12H9Cl2N3. The van der Waals surface area contributed by atoms with Gasteiger partial charge in [-0.25, -0.2) is 0 Å². The molecule has 1 heterocycles. The third kappa shape index (κ3) is 3.73. The average Bonchev–Trinajstić information content (AvgIpc) is 2.29. The molecular weight excluding hydrogens is 257 g/mol. The molecule has 3 nitrogen and oxygen atoms in total. The molecule has 0 spiro atoms. The van der Waals surface area contributed by atoms with Gasteiger partial charge in [-0.3, -0.25) is 10.4 Å². The van der Waals surface area contributed by atoms with Crippen molar-refractivity contribution in [2.75, 3.05) is 5.43 Å². The minimum Gasteiger partial charge on any atom is -0.278 e. The summed E-state index contributed by atoms with van der Waals surface area (Å²) in [7, 11) is 0. The van der Waals surface area contributed by atoms with Crippen molar-refractivity contribution < 1.29 is 0 Å². The molecule has 2 aromatic rings. The zero-order valence-electron chi connectivity index (χ0n) is 8.77. The molecule has 0 saturated carbocycles. The molecule has 0 amide bonds. The van der Waals surface area contributed by atoms with Gasteiger partial charge < -0.3 is 0 Å². The van der Waals surface area contributed by atoms with Crippen molar-refractivity contribution in [1.82, 2.24) is 4.98 Å². The van der Waals surface area contributed by atoms with Crippen molar-refractivity contribution >= 4 is 35.1 Å². The van der Waals surface area contributed by atoms with Crippen LogP contribution in [-0.2, 0) is 0 Å². The maximum absolute atomic E-state index is 5.86. The van der Waals surface area contributed by atoms with E-state index in [9.17, 15) is 0 Å². The summed E-state index contributed by atoms with van der Waals surface area (Å²) in [5, 5.41) is 5.19. The molecule has 0 fully saturated rings. The fourth-order valence-electron chi connectivity index (χ4n) is 1.25. The first-order chi connectivity index (χ1) is 8.24. The van der Waals surface area contributed by atoms with Crippen LogP contribution in [0.25, 0.3) is 0 Å². The molecule has 0 aliphatic carbocycles. The molecule has 0 aliphatic rings. The highest BCUT2D eigenvalue weighted by molar-refractivity contribution is 6.35. The number of hydrogen-bond acceptors (Lipinski definition) is 3. The normalized spacial score (nSPS) is 10.7. The van der Waals surface area contributed by atoms with Crippen molar-refractivity contribution in [3.8, 4) is 0 Å². The van der Waals surface area contributed by atoms with Gasteiger partial charge in [0.1, 0.15) is 0 Å². The van der Waals surface area contributed by atoms with E-state index in [1.807, 2.05) is 12.1 Å². The van der Waals surface area contributed by atoms with Gasteiger partial charge >= 0.3 is 0 Å². The Morgan fingerprint density at radius 1 is 1.18 bits per heavy atom. The number of nitrogens with zero attached hydrogens (tertiary/aromatic N) is 2. The molecule has 1 aromatic heterocycles. The molecule has 0 unspecified atom stereocenters. The van der Waals surface area contributed by atoms with E-state index in [2.05, 4.69) is 15.5 Å². The van der Waals surface area contributed by atoms with Crippen molar-refractivity contribution in [1.29, 1.82) is 0 Å². The van der Waals surface area contributed by atoms with E-state index in [4.69, 9.17) is 23.2 Å². The minimum absolute atomic E-state index is 0.566. The first-order valence-electron chi connectivity index (χ1n) is 4.89. The number of benzene rings is 1. The largest absolute Gasteiger partial charge is 0.278 e. The predicted molar refractivity (Wildman–Crippen MR) is 71.9 cm³/mol. The van der Waals surface area contributed by atoms with Crippen LogP contribution in [0.4, 0.5) is 5.69 Å². The Kier molecular flexibility index (Phi) is 3.96. The van der Waals surface area contributed by atoms with Gasteiger partial charge in [-0.15, -0.1) is 0 Å². The second kappa shape index (κ2) is 5.66. The molecule has 1 N–H and O–H groups in total. The number of anilines is 1. The maximum Gasteiger partial charge on any atom is 0.0591 e. The molecule has 0 aliphatic heterocycles. The summed E-state index contributed by atoms with van der Waals surface area (Å²) in [5.74, 6) is 0. The molecule has 5 heteroatoms. The van der Waals surface area contributed by atoms with E-state index in [-0.39, 0.29) is 0 Å². The van der Waals surface area contributed by atoms with Crippen molar-refractivity contribution in [2.24, 2.45) is 5.10 Å². The molecule has 0 radical (unpaired) electrons. The van der Waals surface area contributed by atoms with Crippen LogP contribution in [0.1, 0.15) is 5.56 Å². The van der Waals surface area contributed by atoms with Crippen molar-refractivity contribution in [2.45, 2.75) is 0 Å². The van der Waals surface area contributed by atoms with Crippen LogP contribution in [-0.4, -0.2) is 11.2 Å². The Balaban J connectivity index is 2.05. The monoisotopic (exact) mass is 265 g/mol. The lowest BCUT2D eigenvalue weighted by Crippen LogP contribution is -1.90. The minimum atomic E-state index is 0.566. The SMILES string of the molecule is Clc1cc(Cl)cc(NN=Cc2cccnc2)c1. The van der Waals surface area contributed by atoms with E-state index in [1.165, 1.54) is 0 Å². The van der Waals surface area contributed by atoms with Crippen LogP contribution in [0.2, 0.25) is 10.0 Å². The molecule has 0 saturated heterocycles. The van der Waals surface area contributed by atoms with Crippen LogP contribution >= 0.6 is 23.2 Å². The van der Waals surface area contributed by atoms with Gasteiger partial charge in [0, 0.05) is 28.0 Å². The summed E-state index contributed by atoms with van der Waals surface area (Å²) >= 11 is 11.7. The Morgan fingerprint density at radius 2 is 1.94 bits per heavy atom. The number of hydrazone groups is 1. The number of hydrogen-bond donors (Lipinski definition) is 1. The molecule has 1 aromatic carbocycles. The zero-order valence-corrected chi connectivity index (χ0v) is 10.3. The predicted octanol–water partition coefficient (Wildman–Crippen LogP) is 3.83. The van der Waals surface area contributed by atoms with E-state index in [0.29, 0.717) is 10.0 Å². The van der Waals surface area contributed by atoms with Gasteiger partial charge in [-0.2, -0.15) is 5.10 Å². The van der Waals surface area contributed by atoms with Gasteiger partial charge in [-0.1, -0.05) is 29.3 Å². The highest BCUT2D eigenvalue weighted by Crippen LogP contribution is 2.22. The molecule has 86 valence electrons. The molecule has 17 heavy (non-hydrogen) atoms. The number of halogens is 2. The van der Waals surface area contributed by atoms with Gasteiger partial charge in [0.25, 0.3) is 0 Å². The number of rotatable bonds is 3. The lowest BCUT2D eigenvalue weighted by Gasteiger charge is -2.01. The summed E-state index contributed by atoms with van der Waals surface area (Å²) in [6.07, 6.45) is 5.10. The van der Waals surface area contributed by atoms with Gasteiger partial charge in [0.15, 0.2) is 0 Å². The fraction of sp³-hybridized carbons (Fsp3) is 0. The van der Waals surface area contributed by atoms with E-state index < -0.39 is 0 Å². The number of aromatic nitrogens is 1. The smallest absolute Gasteiger partial charge is 0.0591 e. The Labute approximate surface area is 109 Å². The number of nitrogens with one attached hydrogen (secondary N) is 1. The van der Waals surface area contributed by atoms with Gasteiger partial charge in [0.05, 0.1) is 11.9 Å². The van der Waals surface area contributed by atoms with Crippen molar-refractivity contribution in [3.05, 3.63) is 58.3 Å². The summed E-state index contributed by atoms with van der Waals surface area (Å²) in [4.78, 5) is 3.98. The summed E-state index contributed by atoms with van der Waals surface area (Å²) in [6, 6.07) is 8.90. The first-order valence-corrected chi connectivity index (χ1v) is 5.65. The Morgan fingerprint density at radius 3 is 2.59 bits per heavy atom. The standard InChI is InChI=1S/C12H9Cl2N3/c13-10-4-11(14)6-12(5-10)17-16-8-9-2-1-3-15-7-9/h1-8,17H. The fourth-order valence-corrected chi connectivity index (χ4v) is 1.78. The quantitative estimate of drug-likeness (QED) is 0.677. The Hall–Kier alpha value is -1.58. The van der Waals surface area contributed by atoms with E-state index in [0.717, 1.165) is 11.3 Å². The second-order valence-corrected chi connectivity index (χ2v) is 4.19. The molecule has 0 bridgehead atoms. The van der Waals surface area contributed by atoms with Gasteiger partial charge in [0.2, 0.25) is 0 Å². The van der Waals surface area contributed by atoms with Gasteiger partial charge in [-0.05, 0) is 24.3 Å². The third-order valence-electron chi connectivity index (χ3n) is 1.95. The van der Waals surface area contributed by atoms with E-state index >= 15 is 0 Å². The lowest BCUT2D eigenvalue weighted by molar-refractivity contribution is 1.30. The Bertz CT molecular complexity index is 506. The second-order valence-electron chi connectivity index (χ2n) is 3.31. The maximum atomic E-state index is 5.86. The van der Waals surface area contributed by atoms with Crippen LogP contribution in [0.3, 0.4) is 0 Å². The zero-order chi connectivity index (χ0) is 12.1. The topological polar surface area (TPSA) is 37.3 Å². The van der Waals surface area contributed by atoms with Crippen LogP contribution in [0, 0.1) is 0 Å². The summed E-state index contributed by atoms with van der Waals surface area (Å²) in [5.41, 5.74) is 4.50. The van der Waals surface area contributed by atoms with Crippen LogP contribution in [0.5, 0.6) is 0 Å². The van der Waals surface area contributed by atoms with E-state index in [1.54, 1.807) is 36.8 Å². The number of pyridine rings is 1. The molecule has 2 rings (SSSR count). The highest BCUT2D eigenvalue weighted by atomic mass is 35.5. The first kappa shape index (κ1) is 11.9. The van der Waals surface area contributed by atoms with Crippen LogP contribution < -0.4 is 5.43 Å². The van der Waals surface area contributed by atoms with Crippen LogP contribution in [0.15, 0.2) is 47.8 Å².